The summed E-state index contributed by atoms with van der Waals surface area (Å²) >= 11 is 0. The Morgan fingerprint density at radius 1 is 1.27 bits per heavy atom. The number of hydrogen-bond acceptors (Lipinski definition) is 4. The zero-order chi connectivity index (χ0) is 16.3. The van der Waals surface area contributed by atoms with Crippen LogP contribution >= 0.6 is 7.75 Å². The molecule has 0 amide bonds. The van der Waals surface area contributed by atoms with Crippen molar-refractivity contribution in [3.8, 4) is 5.75 Å². The summed E-state index contributed by atoms with van der Waals surface area (Å²) in [5.74, 6) is -0.913. The van der Waals surface area contributed by atoms with Gasteiger partial charge in [-0.3, -0.25) is 0 Å². The van der Waals surface area contributed by atoms with E-state index >= 15 is 0 Å². The van der Waals surface area contributed by atoms with Crippen LogP contribution in [0.1, 0.15) is 5.56 Å². The van der Waals surface area contributed by atoms with E-state index in [1.165, 1.54) is 24.3 Å². The number of rotatable bonds is 4. The molecule has 1 aliphatic rings. The Hall–Kier alpha value is -1.92. The van der Waals surface area contributed by atoms with E-state index in [0.717, 1.165) is 6.08 Å². The Balaban J connectivity index is 2.23. The average Bonchev–Trinajstić information content (AvgIpc) is 2.36. The lowest BCUT2D eigenvalue weighted by molar-refractivity contribution is 0.155. The minimum Gasteiger partial charge on any atom is -0.508 e. The summed E-state index contributed by atoms with van der Waals surface area (Å²) in [7, 11) is -4.68. The average molecular weight is 325 g/mol. The second-order valence-electron chi connectivity index (χ2n) is 4.93. The monoisotopic (exact) mass is 325 g/mol. The standard InChI is InChI=1S/C14H16NO6P/c16-10-3-1-2-9(6-10)7-14(18)12-5-4-11(17)8-13(12)15-22(19,20)21/h1-6,8,12,14,16-18H,7H2,(H2,19,20,21). The third-order valence-electron chi connectivity index (χ3n) is 3.13. The molecular formula is C14H16NO6P. The van der Waals surface area contributed by atoms with Gasteiger partial charge in [0.1, 0.15) is 11.5 Å². The number of benzene rings is 1. The number of hydrogen-bond donors (Lipinski definition) is 5. The van der Waals surface area contributed by atoms with Gasteiger partial charge in [0.2, 0.25) is 0 Å². The number of phenolic OH excluding ortho intramolecular Hbond substituents is 1. The van der Waals surface area contributed by atoms with Crippen molar-refractivity contribution in [3.63, 3.8) is 0 Å². The fraction of sp³-hybridized carbons (Fsp3) is 0.214. The van der Waals surface area contributed by atoms with Crippen molar-refractivity contribution in [2.24, 2.45) is 10.7 Å². The molecule has 7 nitrogen and oxygen atoms in total. The first-order valence-electron chi connectivity index (χ1n) is 6.45. The molecule has 0 aliphatic heterocycles. The third kappa shape index (κ3) is 4.54. The summed E-state index contributed by atoms with van der Waals surface area (Å²) in [6.45, 7) is 0. The van der Waals surface area contributed by atoms with Crippen LogP contribution in [0.25, 0.3) is 0 Å². The fourth-order valence-corrected chi connectivity index (χ4v) is 2.71. The first kappa shape index (κ1) is 16.5. The maximum absolute atomic E-state index is 11.0. The van der Waals surface area contributed by atoms with Gasteiger partial charge in [0.15, 0.2) is 0 Å². The first-order valence-corrected chi connectivity index (χ1v) is 8.01. The Morgan fingerprint density at radius 3 is 2.64 bits per heavy atom. The van der Waals surface area contributed by atoms with Crippen molar-refractivity contribution in [2.75, 3.05) is 0 Å². The highest BCUT2D eigenvalue weighted by Crippen LogP contribution is 2.38. The van der Waals surface area contributed by atoms with Crippen molar-refractivity contribution in [2.45, 2.75) is 12.5 Å². The third-order valence-corrected chi connectivity index (χ3v) is 3.62. The number of aliphatic hydroxyl groups excluding tert-OH is 2. The van der Waals surface area contributed by atoms with Gasteiger partial charge in [-0.25, -0.2) is 4.57 Å². The van der Waals surface area contributed by atoms with E-state index in [2.05, 4.69) is 4.76 Å². The molecule has 0 spiro atoms. The van der Waals surface area contributed by atoms with Gasteiger partial charge in [0.05, 0.1) is 11.8 Å². The van der Waals surface area contributed by atoms with Crippen molar-refractivity contribution < 1.29 is 29.7 Å². The van der Waals surface area contributed by atoms with Gasteiger partial charge in [-0.15, -0.1) is 0 Å². The lowest BCUT2D eigenvalue weighted by Gasteiger charge is -2.23. The molecule has 22 heavy (non-hydrogen) atoms. The lowest BCUT2D eigenvalue weighted by Crippen LogP contribution is -2.29. The number of allylic oxidation sites excluding steroid dienone is 2. The molecule has 1 aliphatic carbocycles. The second-order valence-corrected chi connectivity index (χ2v) is 6.16. The molecule has 0 saturated heterocycles. The molecule has 2 atom stereocenters. The Labute approximate surface area is 126 Å². The zero-order valence-electron chi connectivity index (χ0n) is 11.4. The molecule has 2 unspecified atom stereocenters. The van der Waals surface area contributed by atoms with Gasteiger partial charge < -0.3 is 25.1 Å². The summed E-state index contributed by atoms with van der Waals surface area (Å²) in [6, 6.07) is 6.33. The predicted octanol–water partition coefficient (Wildman–Crippen LogP) is 1.46. The SMILES string of the molecule is O=P(O)(O)N=C1C=C(O)C=CC1C(O)Cc1cccc(O)c1. The normalized spacial score (nSPS) is 21.7. The summed E-state index contributed by atoms with van der Waals surface area (Å²) in [5, 5.41) is 29.1. The van der Waals surface area contributed by atoms with E-state index in [-0.39, 0.29) is 23.6 Å². The largest absolute Gasteiger partial charge is 0.508 e. The molecule has 118 valence electrons. The Kier molecular flexibility index (Phi) is 4.83. The van der Waals surface area contributed by atoms with Gasteiger partial charge >= 0.3 is 7.75 Å². The molecule has 8 heteroatoms. The molecule has 0 saturated carbocycles. The molecule has 0 bridgehead atoms. The lowest BCUT2D eigenvalue weighted by atomic mass is 9.89. The van der Waals surface area contributed by atoms with Gasteiger partial charge in [-0.2, -0.15) is 4.76 Å². The molecule has 0 fully saturated rings. The van der Waals surface area contributed by atoms with Crippen LogP contribution < -0.4 is 0 Å². The van der Waals surface area contributed by atoms with E-state index in [4.69, 9.17) is 9.79 Å². The van der Waals surface area contributed by atoms with Gasteiger partial charge in [-0.1, -0.05) is 18.2 Å². The molecule has 1 aromatic carbocycles. The Morgan fingerprint density at radius 2 is 2.00 bits per heavy atom. The predicted molar refractivity (Wildman–Crippen MR) is 80.6 cm³/mol. The minimum atomic E-state index is -4.68. The first-order chi connectivity index (χ1) is 10.2. The summed E-state index contributed by atoms with van der Waals surface area (Å²) in [5.41, 5.74) is 0.566. The Bertz CT molecular complexity index is 690. The molecular weight excluding hydrogens is 309 g/mol. The number of aromatic hydroxyl groups is 1. The van der Waals surface area contributed by atoms with E-state index in [1.54, 1.807) is 12.1 Å². The highest BCUT2D eigenvalue weighted by atomic mass is 31.2. The molecule has 5 N–H and O–H groups in total. The van der Waals surface area contributed by atoms with E-state index in [9.17, 15) is 19.9 Å². The van der Waals surface area contributed by atoms with Crippen molar-refractivity contribution in [1.82, 2.24) is 0 Å². The summed E-state index contributed by atoms with van der Waals surface area (Å²) in [4.78, 5) is 17.9. The van der Waals surface area contributed by atoms with Crippen LogP contribution in [-0.2, 0) is 11.0 Å². The van der Waals surface area contributed by atoms with E-state index in [1.807, 2.05) is 0 Å². The zero-order valence-corrected chi connectivity index (χ0v) is 12.3. The van der Waals surface area contributed by atoms with Crippen LogP contribution in [0, 0.1) is 5.92 Å². The maximum Gasteiger partial charge on any atom is 0.448 e. The molecule has 0 heterocycles. The van der Waals surface area contributed by atoms with Gasteiger partial charge in [0.25, 0.3) is 0 Å². The number of phenols is 1. The molecule has 1 aromatic rings. The van der Waals surface area contributed by atoms with Crippen LogP contribution in [0.5, 0.6) is 5.75 Å². The molecule has 2 rings (SSSR count). The fourth-order valence-electron chi connectivity index (χ4n) is 2.22. The van der Waals surface area contributed by atoms with Gasteiger partial charge in [0, 0.05) is 12.0 Å². The highest BCUT2D eigenvalue weighted by Gasteiger charge is 2.27. The van der Waals surface area contributed by atoms with Crippen LogP contribution in [0.3, 0.4) is 0 Å². The second kappa shape index (κ2) is 6.46. The van der Waals surface area contributed by atoms with Crippen LogP contribution in [-0.4, -0.2) is 36.9 Å². The maximum atomic E-state index is 11.0. The van der Waals surface area contributed by atoms with Crippen molar-refractivity contribution in [3.05, 3.63) is 53.8 Å². The van der Waals surface area contributed by atoms with Crippen molar-refractivity contribution >= 4 is 13.5 Å². The smallest absolute Gasteiger partial charge is 0.448 e. The molecule has 0 aromatic heterocycles. The van der Waals surface area contributed by atoms with E-state index < -0.39 is 19.8 Å². The van der Waals surface area contributed by atoms with Crippen LogP contribution in [0.2, 0.25) is 0 Å². The van der Waals surface area contributed by atoms with Gasteiger partial charge in [-0.05, 0) is 30.2 Å². The summed E-state index contributed by atoms with van der Waals surface area (Å²) in [6.07, 6.45) is 2.99. The molecule has 0 radical (unpaired) electrons. The van der Waals surface area contributed by atoms with Crippen LogP contribution in [0.15, 0.2) is 53.0 Å². The van der Waals surface area contributed by atoms with Crippen LogP contribution in [0.4, 0.5) is 0 Å². The van der Waals surface area contributed by atoms with E-state index in [0.29, 0.717) is 5.56 Å². The summed E-state index contributed by atoms with van der Waals surface area (Å²) < 4.78 is 14.3. The van der Waals surface area contributed by atoms with Crippen molar-refractivity contribution in [1.29, 1.82) is 0 Å². The minimum absolute atomic E-state index is 0.0607. The highest BCUT2D eigenvalue weighted by molar-refractivity contribution is 7.50. The quantitative estimate of drug-likeness (QED) is 0.533. The number of nitrogens with zero attached hydrogens (tertiary/aromatic N) is 1. The topological polar surface area (TPSA) is 131 Å². The number of aliphatic hydroxyl groups is 2.